The number of rotatable bonds is 6. The molecule has 0 radical (unpaired) electrons. The number of hydrogen-bond acceptors (Lipinski definition) is 4. The molecule has 2 rings (SSSR count). The topological polar surface area (TPSA) is 63.2 Å². The second kappa shape index (κ2) is 7.36. The molecular formula is C15H22FN3O2. The Kier molecular flexibility index (Phi) is 5.50. The summed E-state index contributed by atoms with van der Waals surface area (Å²) in [6.07, 6.45) is 2.95. The van der Waals surface area contributed by atoms with Crippen molar-refractivity contribution in [1.82, 2.24) is 10.3 Å². The van der Waals surface area contributed by atoms with Crippen LogP contribution in [0.1, 0.15) is 37.0 Å². The Morgan fingerprint density at radius 1 is 1.62 bits per heavy atom. The molecule has 21 heavy (non-hydrogen) atoms. The van der Waals surface area contributed by atoms with Gasteiger partial charge in [-0.3, -0.25) is 4.79 Å². The molecule has 1 amide bonds. The van der Waals surface area contributed by atoms with Gasteiger partial charge in [-0.05, 0) is 25.8 Å². The van der Waals surface area contributed by atoms with E-state index in [1.165, 1.54) is 6.07 Å². The van der Waals surface area contributed by atoms with Crippen molar-refractivity contribution in [2.45, 2.75) is 32.7 Å². The molecule has 116 valence electrons. The van der Waals surface area contributed by atoms with Crippen LogP contribution in [0.3, 0.4) is 0 Å². The van der Waals surface area contributed by atoms with Crippen molar-refractivity contribution in [3.63, 3.8) is 0 Å². The van der Waals surface area contributed by atoms with Gasteiger partial charge in [-0.25, -0.2) is 9.37 Å². The van der Waals surface area contributed by atoms with Gasteiger partial charge in [0.25, 0.3) is 5.91 Å². The first-order chi connectivity index (χ1) is 10.1. The fourth-order valence-electron chi connectivity index (χ4n) is 2.35. The minimum absolute atomic E-state index is 0.0118. The third-order valence-corrected chi connectivity index (χ3v) is 3.67. The molecule has 2 N–H and O–H groups in total. The maximum Gasteiger partial charge on any atom is 0.255 e. The number of anilines is 1. The number of hydrogen-bond donors (Lipinski definition) is 2. The standard InChI is InChI=1S/C15H22FN3O2/c1-3-5-17-14-13(7-12(16)8-18-14)15(20)19-10(2)11-4-6-21-9-11/h7-8,10-11H,3-6,9H2,1-2H3,(H,17,18)(H,19,20). The lowest BCUT2D eigenvalue weighted by molar-refractivity contribution is 0.0922. The average molecular weight is 295 g/mol. The SMILES string of the molecule is CCCNc1ncc(F)cc1C(=O)NC(C)C1CCOC1. The van der Waals surface area contributed by atoms with Gasteiger partial charge in [-0.15, -0.1) is 0 Å². The van der Waals surface area contributed by atoms with Gasteiger partial charge in [0, 0.05) is 25.1 Å². The van der Waals surface area contributed by atoms with Crippen molar-refractivity contribution in [2.24, 2.45) is 5.92 Å². The first-order valence-electron chi connectivity index (χ1n) is 7.39. The first-order valence-corrected chi connectivity index (χ1v) is 7.39. The Bertz CT molecular complexity index is 490. The molecule has 2 heterocycles. The Morgan fingerprint density at radius 3 is 3.10 bits per heavy atom. The van der Waals surface area contributed by atoms with Crippen LogP contribution in [0.2, 0.25) is 0 Å². The van der Waals surface area contributed by atoms with Gasteiger partial charge in [0.2, 0.25) is 0 Å². The summed E-state index contributed by atoms with van der Waals surface area (Å²) in [5.41, 5.74) is 0.245. The molecule has 0 aliphatic carbocycles. The maximum atomic E-state index is 13.4. The highest BCUT2D eigenvalue weighted by atomic mass is 19.1. The van der Waals surface area contributed by atoms with Gasteiger partial charge in [-0.1, -0.05) is 6.92 Å². The monoisotopic (exact) mass is 295 g/mol. The van der Waals surface area contributed by atoms with Gasteiger partial charge in [0.1, 0.15) is 11.6 Å². The number of amides is 1. The number of carbonyl (C=O) groups excluding carboxylic acids is 1. The zero-order valence-corrected chi connectivity index (χ0v) is 12.5. The van der Waals surface area contributed by atoms with E-state index in [0.717, 1.165) is 25.6 Å². The van der Waals surface area contributed by atoms with Crippen LogP contribution in [0.25, 0.3) is 0 Å². The molecular weight excluding hydrogens is 273 g/mol. The fraction of sp³-hybridized carbons (Fsp3) is 0.600. The van der Waals surface area contributed by atoms with E-state index < -0.39 is 5.82 Å². The lowest BCUT2D eigenvalue weighted by Gasteiger charge is -2.20. The minimum atomic E-state index is -0.515. The van der Waals surface area contributed by atoms with Crippen molar-refractivity contribution >= 4 is 11.7 Å². The molecule has 2 unspecified atom stereocenters. The first kappa shape index (κ1) is 15.7. The third-order valence-electron chi connectivity index (χ3n) is 3.67. The number of nitrogens with one attached hydrogen (secondary N) is 2. The average Bonchev–Trinajstić information content (AvgIpc) is 3.00. The molecule has 1 saturated heterocycles. The number of ether oxygens (including phenoxy) is 1. The normalized spacial score (nSPS) is 19.3. The Morgan fingerprint density at radius 2 is 2.43 bits per heavy atom. The van der Waals surface area contributed by atoms with E-state index >= 15 is 0 Å². The molecule has 2 atom stereocenters. The zero-order valence-electron chi connectivity index (χ0n) is 12.5. The van der Waals surface area contributed by atoms with Crippen LogP contribution in [-0.4, -0.2) is 36.7 Å². The number of carbonyl (C=O) groups is 1. The molecule has 0 saturated carbocycles. The molecule has 1 aromatic heterocycles. The van der Waals surface area contributed by atoms with Crippen molar-refractivity contribution in [1.29, 1.82) is 0 Å². The van der Waals surface area contributed by atoms with E-state index in [2.05, 4.69) is 15.6 Å². The van der Waals surface area contributed by atoms with E-state index in [9.17, 15) is 9.18 Å². The van der Waals surface area contributed by atoms with E-state index in [1.807, 2.05) is 13.8 Å². The lowest BCUT2D eigenvalue weighted by Crippen LogP contribution is -2.38. The Hall–Kier alpha value is -1.69. The van der Waals surface area contributed by atoms with Crippen molar-refractivity contribution < 1.29 is 13.9 Å². The maximum absolute atomic E-state index is 13.4. The molecule has 1 aliphatic heterocycles. The summed E-state index contributed by atoms with van der Waals surface area (Å²) in [4.78, 5) is 16.3. The molecule has 5 nitrogen and oxygen atoms in total. The van der Waals surface area contributed by atoms with Gasteiger partial charge in [0.15, 0.2) is 0 Å². The molecule has 0 aromatic carbocycles. The van der Waals surface area contributed by atoms with Gasteiger partial charge < -0.3 is 15.4 Å². The van der Waals surface area contributed by atoms with Crippen molar-refractivity contribution in [3.8, 4) is 0 Å². The lowest BCUT2D eigenvalue weighted by atomic mass is 10.0. The van der Waals surface area contributed by atoms with Gasteiger partial charge >= 0.3 is 0 Å². The van der Waals surface area contributed by atoms with Crippen molar-refractivity contribution in [3.05, 3.63) is 23.6 Å². The molecule has 6 heteroatoms. The highest BCUT2D eigenvalue weighted by Gasteiger charge is 2.25. The summed E-state index contributed by atoms with van der Waals surface area (Å²) >= 11 is 0. The summed E-state index contributed by atoms with van der Waals surface area (Å²) in [5, 5.41) is 5.97. The smallest absolute Gasteiger partial charge is 0.255 e. The molecule has 0 spiro atoms. The van der Waals surface area contributed by atoms with Crippen LogP contribution in [0.4, 0.5) is 10.2 Å². The summed E-state index contributed by atoms with van der Waals surface area (Å²) in [7, 11) is 0. The Balaban J connectivity index is 2.07. The van der Waals surface area contributed by atoms with Gasteiger partial charge in [0.05, 0.1) is 18.4 Å². The summed E-state index contributed by atoms with van der Waals surface area (Å²) in [6.45, 7) is 6.03. The van der Waals surface area contributed by atoms with E-state index in [4.69, 9.17) is 4.74 Å². The van der Waals surface area contributed by atoms with Crippen LogP contribution in [0.5, 0.6) is 0 Å². The molecule has 0 bridgehead atoms. The molecule has 1 aromatic rings. The largest absolute Gasteiger partial charge is 0.381 e. The zero-order chi connectivity index (χ0) is 15.2. The molecule has 1 aliphatic rings. The molecule has 1 fully saturated rings. The second-order valence-electron chi connectivity index (χ2n) is 5.36. The highest BCUT2D eigenvalue weighted by Crippen LogP contribution is 2.18. The minimum Gasteiger partial charge on any atom is -0.381 e. The predicted octanol–water partition coefficient (Wildman–Crippen LogP) is 2.20. The van der Waals surface area contributed by atoms with Crippen LogP contribution in [0, 0.1) is 11.7 Å². The van der Waals surface area contributed by atoms with Gasteiger partial charge in [-0.2, -0.15) is 0 Å². The quantitative estimate of drug-likeness (QED) is 0.844. The van der Waals surface area contributed by atoms with E-state index in [1.54, 1.807) is 0 Å². The van der Waals surface area contributed by atoms with Crippen molar-refractivity contribution in [2.75, 3.05) is 25.1 Å². The predicted molar refractivity (Wildman–Crippen MR) is 78.8 cm³/mol. The number of halogens is 1. The second-order valence-corrected chi connectivity index (χ2v) is 5.36. The van der Waals surface area contributed by atoms with E-state index in [0.29, 0.717) is 24.9 Å². The third kappa shape index (κ3) is 4.14. The number of nitrogens with zero attached hydrogens (tertiary/aromatic N) is 1. The van der Waals surface area contributed by atoms with Crippen LogP contribution >= 0.6 is 0 Å². The number of pyridine rings is 1. The van der Waals surface area contributed by atoms with E-state index in [-0.39, 0.29) is 17.5 Å². The summed E-state index contributed by atoms with van der Waals surface area (Å²) in [5.74, 6) is -0.0906. The highest BCUT2D eigenvalue weighted by molar-refractivity contribution is 5.98. The van der Waals surface area contributed by atoms with Crippen LogP contribution in [-0.2, 0) is 4.74 Å². The van der Waals surface area contributed by atoms with Crippen LogP contribution < -0.4 is 10.6 Å². The number of aromatic nitrogens is 1. The summed E-state index contributed by atoms with van der Waals surface area (Å²) < 4.78 is 18.7. The summed E-state index contributed by atoms with van der Waals surface area (Å²) in [6, 6.07) is 1.21. The van der Waals surface area contributed by atoms with Crippen LogP contribution in [0.15, 0.2) is 12.3 Å². The fourth-order valence-corrected chi connectivity index (χ4v) is 2.35. The Labute approximate surface area is 124 Å².